The molecule has 0 saturated carbocycles. The molecule has 0 atom stereocenters. The minimum atomic E-state index is -0.409. The van der Waals surface area contributed by atoms with Gasteiger partial charge in [0.1, 0.15) is 5.82 Å². The van der Waals surface area contributed by atoms with E-state index in [9.17, 15) is 9.18 Å². The van der Waals surface area contributed by atoms with Gasteiger partial charge in [-0.15, -0.1) is 0 Å². The Balaban J connectivity index is 2.94. The molecule has 0 aliphatic rings. The SMILES string of the molecule is C=Cc1cc2c(cc1F)c(=O)ccn2CC. The Labute approximate surface area is 92.6 Å². The molecule has 0 radical (unpaired) electrons. The van der Waals surface area contributed by atoms with Crippen molar-refractivity contribution in [2.45, 2.75) is 13.5 Å². The summed E-state index contributed by atoms with van der Waals surface area (Å²) in [6, 6.07) is 4.39. The van der Waals surface area contributed by atoms with Crippen molar-refractivity contribution in [3.05, 3.63) is 52.6 Å². The predicted molar refractivity (Wildman–Crippen MR) is 63.9 cm³/mol. The van der Waals surface area contributed by atoms with E-state index in [0.29, 0.717) is 10.9 Å². The van der Waals surface area contributed by atoms with Crippen LogP contribution in [0.4, 0.5) is 4.39 Å². The van der Waals surface area contributed by atoms with Crippen LogP contribution >= 0.6 is 0 Å². The van der Waals surface area contributed by atoms with Crippen molar-refractivity contribution in [1.82, 2.24) is 4.57 Å². The number of aryl methyl sites for hydroxylation is 1. The van der Waals surface area contributed by atoms with Gasteiger partial charge < -0.3 is 4.57 Å². The second kappa shape index (κ2) is 3.93. The molecule has 16 heavy (non-hydrogen) atoms. The second-order valence-electron chi connectivity index (χ2n) is 3.56. The van der Waals surface area contributed by atoms with Crippen LogP contribution in [0.2, 0.25) is 0 Å². The Morgan fingerprint density at radius 2 is 2.25 bits per heavy atom. The number of rotatable bonds is 2. The molecule has 0 amide bonds. The zero-order chi connectivity index (χ0) is 11.7. The summed E-state index contributed by atoms with van der Waals surface area (Å²) in [7, 11) is 0. The van der Waals surface area contributed by atoms with Gasteiger partial charge in [-0.05, 0) is 19.1 Å². The largest absolute Gasteiger partial charge is 0.348 e. The first-order chi connectivity index (χ1) is 7.67. The fourth-order valence-electron chi connectivity index (χ4n) is 1.77. The van der Waals surface area contributed by atoms with Gasteiger partial charge in [-0.25, -0.2) is 4.39 Å². The Morgan fingerprint density at radius 3 is 2.88 bits per heavy atom. The van der Waals surface area contributed by atoms with E-state index in [2.05, 4.69) is 6.58 Å². The topological polar surface area (TPSA) is 22.0 Å². The first-order valence-corrected chi connectivity index (χ1v) is 5.12. The molecule has 0 N–H and O–H groups in total. The first kappa shape index (κ1) is 10.6. The highest BCUT2D eigenvalue weighted by Crippen LogP contribution is 2.17. The number of benzene rings is 1. The molecule has 1 aromatic heterocycles. The highest BCUT2D eigenvalue weighted by Gasteiger charge is 2.06. The third kappa shape index (κ3) is 1.54. The summed E-state index contributed by atoms with van der Waals surface area (Å²) in [5, 5.41) is 0.410. The maximum atomic E-state index is 13.5. The number of fused-ring (bicyclic) bond motifs is 1. The number of pyridine rings is 1. The summed E-state index contributed by atoms with van der Waals surface area (Å²) in [5.41, 5.74) is 1.00. The molecule has 82 valence electrons. The monoisotopic (exact) mass is 217 g/mol. The lowest BCUT2D eigenvalue weighted by Crippen LogP contribution is -2.07. The standard InChI is InChI=1S/C13H12FNO/c1-3-9-7-12-10(8-11(9)14)13(16)5-6-15(12)4-2/h3,5-8H,1,4H2,2H3. The summed E-state index contributed by atoms with van der Waals surface area (Å²) >= 11 is 0. The number of hydrogen-bond donors (Lipinski definition) is 0. The van der Waals surface area contributed by atoms with Crippen LogP contribution in [0.1, 0.15) is 12.5 Å². The van der Waals surface area contributed by atoms with Crippen LogP contribution < -0.4 is 5.43 Å². The summed E-state index contributed by atoms with van der Waals surface area (Å²) < 4.78 is 15.4. The maximum absolute atomic E-state index is 13.5. The highest BCUT2D eigenvalue weighted by molar-refractivity contribution is 5.81. The number of nitrogens with zero attached hydrogens (tertiary/aromatic N) is 1. The Kier molecular flexibility index (Phi) is 2.60. The lowest BCUT2D eigenvalue weighted by atomic mass is 10.1. The average molecular weight is 217 g/mol. The van der Waals surface area contributed by atoms with Crippen molar-refractivity contribution in [2.75, 3.05) is 0 Å². The highest BCUT2D eigenvalue weighted by atomic mass is 19.1. The van der Waals surface area contributed by atoms with Crippen LogP contribution in [0.15, 0.2) is 35.8 Å². The molecule has 1 aromatic carbocycles. The fourth-order valence-corrected chi connectivity index (χ4v) is 1.77. The molecular weight excluding hydrogens is 205 g/mol. The van der Waals surface area contributed by atoms with E-state index in [-0.39, 0.29) is 5.43 Å². The zero-order valence-electron chi connectivity index (χ0n) is 9.03. The van der Waals surface area contributed by atoms with Crippen LogP contribution in [0.3, 0.4) is 0 Å². The van der Waals surface area contributed by atoms with Gasteiger partial charge in [-0.2, -0.15) is 0 Å². The number of aromatic nitrogens is 1. The van der Waals surface area contributed by atoms with E-state index in [0.717, 1.165) is 12.1 Å². The number of hydrogen-bond acceptors (Lipinski definition) is 1. The third-order valence-electron chi connectivity index (χ3n) is 2.66. The lowest BCUT2D eigenvalue weighted by Gasteiger charge is -2.09. The molecule has 0 fully saturated rings. The average Bonchev–Trinajstić information content (AvgIpc) is 2.30. The van der Waals surface area contributed by atoms with Gasteiger partial charge in [-0.1, -0.05) is 12.7 Å². The van der Waals surface area contributed by atoms with Gasteiger partial charge in [-0.3, -0.25) is 4.79 Å². The van der Waals surface area contributed by atoms with Gasteiger partial charge in [0.2, 0.25) is 0 Å². The van der Waals surface area contributed by atoms with Gasteiger partial charge >= 0.3 is 0 Å². The lowest BCUT2D eigenvalue weighted by molar-refractivity contribution is 0.626. The molecule has 0 unspecified atom stereocenters. The van der Waals surface area contributed by atoms with Crippen molar-refractivity contribution in [1.29, 1.82) is 0 Å². The number of halogens is 1. The molecule has 2 aromatic rings. The minimum Gasteiger partial charge on any atom is -0.348 e. The van der Waals surface area contributed by atoms with Crippen LogP contribution in [0, 0.1) is 5.82 Å². The predicted octanol–water partition coefficient (Wildman–Crippen LogP) is 2.80. The Bertz CT molecular complexity index is 613. The van der Waals surface area contributed by atoms with Gasteiger partial charge in [0.05, 0.1) is 5.52 Å². The van der Waals surface area contributed by atoms with Crippen LogP contribution in [0.25, 0.3) is 17.0 Å². The van der Waals surface area contributed by atoms with E-state index in [1.54, 1.807) is 12.3 Å². The fraction of sp³-hybridized carbons (Fsp3) is 0.154. The molecule has 1 heterocycles. The molecule has 3 heteroatoms. The zero-order valence-corrected chi connectivity index (χ0v) is 9.03. The smallest absolute Gasteiger partial charge is 0.189 e. The van der Waals surface area contributed by atoms with Gasteiger partial charge in [0, 0.05) is 29.8 Å². The molecule has 0 aliphatic carbocycles. The van der Waals surface area contributed by atoms with Crippen molar-refractivity contribution < 1.29 is 4.39 Å². The first-order valence-electron chi connectivity index (χ1n) is 5.12. The van der Waals surface area contributed by atoms with E-state index < -0.39 is 5.82 Å². The van der Waals surface area contributed by atoms with E-state index in [4.69, 9.17) is 0 Å². The Morgan fingerprint density at radius 1 is 1.50 bits per heavy atom. The molecule has 2 nitrogen and oxygen atoms in total. The maximum Gasteiger partial charge on any atom is 0.189 e. The van der Waals surface area contributed by atoms with Crippen molar-refractivity contribution in [3.8, 4) is 0 Å². The molecule has 0 spiro atoms. The molecule has 0 aliphatic heterocycles. The third-order valence-corrected chi connectivity index (χ3v) is 2.66. The summed E-state index contributed by atoms with van der Waals surface area (Å²) in [6.45, 7) is 6.26. The van der Waals surface area contributed by atoms with Crippen LogP contribution in [0.5, 0.6) is 0 Å². The Hall–Kier alpha value is -1.90. The normalized spacial score (nSPS) is 10.6. The molecule has 0 bridgehead atoms. The van der Waals surface area contributed by atoms with E-state index in [1.807, 2.05) is 11.5 Å². The van der Waals surface area contributed by atoms with Crippen molar-refractivity contribution >= 4 is 17.0 Å². The molecule has 0 saturated heterocycles. The van der Waals surface area contributed by atoms with Gasteiger partial charge in [0.15, 0.2) is 5.43 Å². The van der Waals surface area contributed by atoms with Crippen molar-refractivity contribution in [2.24, 2.45) is 0 Å². The van der Waals surface area contributed by atoms with E-state index >= 15 is 0 Å². The van der Waals surface area contributed by atoms with E-state index in [1.165, 1.54) is 18.2 Å². The quantitative estimate of drug-likeness (QED) is 0.758. The molecular formula is C13H12FNO. The molecule has 2 rings (SSSR count). The van der Waals surface area contributed by atoms with Gasteiger partial charge in [0.25, 0.3) is 0 Å². The summed E-state index contributed by atoms with van der Waals surface area (Å²) in [5.74, 6) is -0.409. The van der Waals surface area contributed by atoms with Crippen LogP contribution in [-0.4, -0.2) is 4.57 Å². The summed E-state index contributed by atoms with van der Waals surface area (Å²) in [6.07, 6.45) is 3.17. The second-order valence-corrected chi connectivity index (χ2v) is 3.56. The van der Waals surface area contributed by atoms with Crippen LogP contribution in [-0.2, 0) is 6.54 Å². The van der Waals surface area contributed by atoms with Crippen molar-refractivity contribution in [3.63, 3.8) is 0 Å². The summed E-state index contributed by atoms with van der Waals surface area (Å²) in [4.78, 5) is 11.6. The minimum absolute atomic E-state index is 0.158.